The van der Waals surface area contributed by atoms with Gasteiger partial charge in [-0.3, -0.25) is 9.59 Å². The summed E-state index contributed by atoms with van der Waals surface area (Å²) in [6.07, 6.45) is 1.39. The van der Waals surface area contributed by atoms with E-state index in [1.165, 1.54) is 0 Å². The van der Waals surface area contributed by atoms with E-state index in [-0.39, 0.29) is 11.7 Å². The van der Waals surface area contributed by atoms with Crippen molar-refractivity contribution >= 4 is 11.7 Å². The molecule has 1 amide bonds. The maximum Gasteiger partial charge on any atom is 0.223 e. The highest BCUT2D eigenvalue weighted by atomic mass is 16.5. The molecule has 2 aliphatic heterocycles. The van der Waals surface area contributed by atoms with Crippen molar-refractivity contribution in [3.63, 3.8) is 0 Å². The van der Waals surface area contributed by atoms with Gasteiger partial charge in [0.05, 0.1) is 6.04 Å². The lowest BCUT2D eigenvalue weighted by Gasteiger charge is -2.47. The van der Waals surface area contributed by atoms with E-state index in [1.807, 2.05) is 32.0 Å². The van der Waals surface area contributed by atoms with Crippen molar-refractivity contribution < 1.29 is 19.4 Å². The summed E-state index contributed by atoms with van der Waals surface area (Å²) < 4.78 is 6.03. The minimum atomic E-state index is -0.885. The van der Waals surface area contributed by atoms with Gasteiger partial charge in [0, 0.05) is 29.7 Å². The van der Waals surface area contributed by atoms with Crippen LogP contribution in [-0.2, 0) is 4.79 Å². The molecule has 2 unspecified atom stereocenters. The summed E-state index contributed by atoms with van der Waals surface area (Å²) in [5.74, 6) is 0.563. The molecule has 4 rings (SSSR count). The second-order valence-electron chi connectivity index (χ2n) is 8.09. The molecule has 1 N–H and O–H groups in total. The van der Waals surface area contributed by atoms with E-state index in [0.29, 0.717) is 35.4 Å². The van der Waals surface area contributed by atoms with E-state index >= 15 is 0 Å². The number of aliphatic hydroxyl groups is 1. The molecule has 1 saturated heterocycles. The van der Waals surface area contributed by atoms with Gasteiger partial charge in [0.1, 0.15) is 17.5 Å². The molecule has 5 nitrogen and oxygen atoms in total. The van der Waals surface area contributed by atoms with Crippen molar-refractivity contribution in [2.75, 3.05) is 6.54 Å². The quantitative estimate of drug-likeness (QED) is 0.829. The van der Waals surface area contributed by atoms with Crippen LogP contribution in [0.15, 0.2) is 48.5 Å². The summed E-state index contributed by atoms with van der Waals surface area (Å²) in [5, 5.41) is 11.1. The Balaban J connectivity index is 1.78. The number of fused-ring (bicyclic) bond motifs is 1. The Morgan fingerprint density at radius 3 is 2.57 bits per heavy atom. The molecule has 2 heterocycles. The summed E-state index contributed by atoms with van der Waals surface area (Å²) >= 11 is 0. The first-order valence-corrected chi connectivity index (χ1v) is 9.79. The van der Waals surface area contributed by atoms with Crippen LogP contribution < -0.4 is 4.74 Å². The van der Waals surface area contributed by atoms with Gasteiger partial charge in [-0.25, -0.2) is 0 Å². The number of carbonyl (C=O) groups is 2. The van der Waals surface area contributed by atoms with Crippen molar-refractivity contribution in [1.29, 1.82) is 0 Å². The smallest absolute Gasteiger partial charge is 0.223 e. The Morgan fingerprint density at radius 1 is 1.11 bits per heavy atom. The molecule has 146 valence electrons. The molecule has 28 heavy (non-hydrogen) atoms. The van der Waals surface area contributed by atoms with Gasteiger partial charge in [0.15, 0.2) is 5.78 Å². The van der Waals surface area contributed by atoms with Gasteiger partial charge >= 0.3 is 0 Å². The van der Waals surface area contributed by atoms with Crippen molar-refractivity contribution in [2.45, 2.75) is 50.9 Å². The molecule has 0 radical (unpaired) electrons. The lowest BCUT2D eigenvalue weighted by Crippen LogP contribution is -2.55. The largest absolute Gasteiger partial charge is 0.485 e. The van der Waals surface area contributed by atoms with E-state index in [0.717, 1.165) is 12.8 Å². The molecule has 2 aliphatic rings. The number of aliphatic hydroxyl groups excluding tert-OH is 1. The lowest BCUT2D eigenvalue weighted by molar-refractivity contribution is -0.147. The number of hydrogen-bond donors (Lipinski definition) is 1. The molecule has 0 bridgehead atoms. The van der Waals surface area contributed by atoms with Crippen LogP contribution in [0.5, 0.6) is 5.75 Å². The lowest BCUT2D eigenvalue weighted by atomic mass is 9.83. The van der Waals surface area contributed by atoms with Crippen LogP contribution in [0, 0.1) is 0 Å². The molecule has 0 spiro atoms. The highest BCUT2D eigenvalue weighted by Gasteiger charge is 2.47. The van der Waals surface area contributed by atoms with Gasteiger partial charge in [-0.05, 0) is 44.9 Å². The third-order valence-corrected chi connectivity index (χ3v) is 5.71. The first-order chi connectivity index (χ1) is 13.4. The summed E-state index contributed by atoms with van der Waals surface area (Å²) in [5.41, 5.74) is 0.991. The second-order valence-corrected chi connectivity index (χ2v) is 8.09. The summed E-state index contributed by atoms with van der Waals surface area (Å²) in [7, 11) is 0. The Kier molecular flexibility index (Phi) is 4.71. The maximum absolute atomic E-state index is 12.9. The molecular weight excluding hydrogens is 354 g/mol. The van der Waals surface area contributed by atoms with Gasteiger partial charge in [0.25, 0.3) is 0 Å². The molecular formula is C23H25NO4. The fraction of sp³-hybridized carbons (Fsp3) is 0.391. The fourth-order valence-electron chi connectivity index (χ4n) is 4.12. The Hall–Kier alpha value is -2.66. The number of amides is 1. The van der Waals surface area contributed by atoms with E-state index in [2.05, 4.69) is 0 Å². The third-order valence-electron chi connectivity index (χ3n) is 5.71. The Labute approximate surface area is 164 Å². The summed E-state index contributed by atoms with van der Waals surface area (Å²) in [4.78, 5) is 27.3. The summed E-state index contributed by atoms with van der Waals surface area (Å²) in [6, 6.07) is 13.9. The first-order valence-electron chi connectivity index (χ1n) is 9.79. The van der Waals surface area contributed by atoms with Crippen LogP contribution in [0.2, 0.25) is 0 Å². The van der Waals surface area contributed by atoms with Crippen LogP contribution in [0.25, 0.3) is 0 Å². The standard InChI is InChI=1S/C23H25NO4/c1-23(2)22(27)20(24-13-7-6-10-19(24)25)17-14-16(11-12-18(17)28-23)21(26)15-8-4-3-5-9-15/h3-5,8-9,11-12,14,20,22,27H,6-7,10,13H2,1-2H3. The van der Waals surface area contributed by atoms with Crippen molar-refractivity contribution in [3.05, 3.63) is 65.2 Å². The number of benzene rings is 2. The zero-order chi connectivity index (χ0) is 19.9. The number of nitrogens with zero attached hydrogens (tertiary/aromatic N) is 1. The first kappa shape index (κ1) is 18.7. The molecule has 0 saturated carbocycles. The van der Waals surface area contributed by atoms with Gasteiger partial charge < -0.3 is 14.7 Å². The fourth-order valence-corrected chi connectivity index (χ4v) is 4.12. The molecule has 0 aliphatic carbocycles. The zero-order valence-corrected chi connectivity index (χ0v) is 16.2. The highest BCUT2D eigenvalue weighted by molar-refractivity contribution is 6.09. The average molecular weight is 379 g/mol. The Morgan fingerprint density at radius 2 is 1.86 bits per heavy atom. The normalized spacial score (nSPS) is 23.7. The number of likely N-dealkylation sites (tertiary alicyclic amines) is 1. The second kappa shape index (κ2) is 7.06. The monoisotopic (exact) mass is 379 g/mol. The van der Waals surface area contributed by atoms with Gasteiger partial charge in [-0.15, -0.1) is 0 Å². The van der Waals surface area contributed by atoms with Crippen molar-refractivity contribution in [2.24, 2.45) is 0 Å². The molecule has 2 atom stereocenters. The number of hydrogen-bond acceptors (Lipinski definition) is 4. The number of ether oxygens (including phenoxy) is 1. The summed E-state index contributed by atoms with van der Waals surface area (Å²) in [6.45, 7) is 4.25. The van der Waals surface area contributed by atoms with Crippen molar-refractivity contribution in [3.8, 4) is 5.75 Å². The van der Waals surface area contributed by atoms with Crippen LogP contribution in [0.3, 0.4) is 0 Å². The van der Waals surface area contributed by atoms with E-state index in [1.54, 1.807) is 35.2 Å². The topological polar surface area (TPSA) is 66.8 Å². The Bertz CT molecular complexity index is 906. The number of piperidine rings is 1. The molecule has 5 heteroatoms. The van der Waals surface area contributed by atoms with Crippen molar-refractivity contribution in [1.82, 2.24) is 4.90 Å². The van der Waals surface area contributed by atoms with Crippen LogP contribution in [0.1, 0.15) is 60.6 Å². The zero-order valence-electron chi connectivity index (χ0n) is 16.2. The molecule has 1 fully saturated rings. The molecule has 2 aromatic rings. The maximum atomic E-state index is 12.9. The minimum absolute atomic E-state index is 0.0405. The number of rotatable bonds is 3. The predicted molar refractivity (Wildman–Crippen MR) is 105 cm³/mol. The van der Waals surface area contributed by atoms with E-state index < -0.39 is 17.7 Å². The van der Waals surface area contributed by atoms with Gasteiger partial charge in [-0.1, -0.05) is 30.3 Å². The van der Waals surface area contributed by atoms with Gasteiger partial charge in [0.2, 0.25) is 5.91 Å². The van der Waals surface area contributed by atoms with Gasteiger partial charge in [-0.2, -0.15) is 0 Å². The van der Waals surface area contributed by atoms with Crippen LogP contribution in [0.4, 0.5) is 0 Å². The SMILES string of the molecule is CC1(C)Oc2ccc(C(=O)c3ccccc3)cc2C(N2CCCCC2=O)C1O. The minimum Gasteiger partial charge on any atom is -0.485 e. The van der Waals surface area contributed by atoms with E-state index in [4.69, 9.17) is 4.74 Å². The third kappa shape index (κ3) is 3.20. The molecule has 0 aromatic heterocycles. The molecule has 2 aromatic carbocycles. The predicted octanol–water partition coefficient (Wildman–Crippen LogP) is 3.50. The average Bonchev–Trinajstić information content (AvgIpc) is 2.70. The number of carbonyl (C=O) groups excluding carboxylic acids is 2. The van der Waals surface area contributed by atoms with E-state index in [9.17, 15) is 14.7 Å². The van der Waals surface area contributed by atoms with Crippen LogP contribution >= 0.6 is 0 Å². The highest BCUT2D eigenvalue weighted by Crippen LogP contribution is 2.44. The van der Waals surface area contributed by atoms with Crippen LogP contribution in [-0.4, -0.2) is 39.9 Å². The number of ketones is 1.